The Morgan fingerprint density at radius 3 is 2.62 bits per heavy atom. The molecule has 1 atom stereocenters. The highest BCUT2D eigenvalue weighted by Gasteiger charge is 2.48. The van der Waals surface area contributed by atoms with Gasteiger partial charge in [-0.2, -0.15) is 18.3 Å². The van der Waals surface area contributed by atoms with Crippen molar-refractivity contribution in [1.82, 2.24) is 14.7 Å². The second-order valence-electron chi connectivity index (χ2n) is 5.89. The molecule has 1 aromatic rings. The number of amides is 1. The number of nitrogens with two attached hydrogens (primary N) is 1. The second-order valence-corrected chi connectivity index (χ2v) is 5.89. The van der Waals surface area contributed by atoms with Gasteiger partial charge < -0.3 is 10.6 Å². The molecule has 1 aliphatic heterocycles. The molecular formula is C13H19F3N4O. The van der Waals surface area contributed by atoms with E-state index in [0.29, 0.717) is 6.42 Å². The van der Waals surface area contributed by atoms with E-state index < -0.39 is 17.6 Å². The molecule has 0 radical (unpaired) electrons. The minimum Gasteiger partial charge on any atom is -0.333 e. The molecule has 5 nitrogen and oxygen atoms in total. The summed E-state index contributed by atoms with van der Waals surface area (Å²) in [6, 6.07) is 0. The molecule has 1 aliphatic rings. The topological polar surface area (TPSA) is 64.2 Å². The third-order valence-corrected chi connectivity index (χ3v) is 3.77. The number of aromatic nitrogens is 2. The minimum atomic E-state index is -4.86. The summed E-state index contributed by atoms with van der Waals surface area (Å²) in [7, 11) is 1.74. The van der Waals surface area contributed by atoms with E-state index in [1.54, 1.807) is 17.9 Å². The van der Waals surface area contributed by atoms with Crippen LogP contribution in [0.4, 0.5) is 13.2 Å². The average Bonchev–Trinajstić information content (AvgIpc) is 2.92. The average molecular weight is 304 g/mol. The maximum atomic E-state index is 12.5. The Morgan fingerprint density at radius 2 is 2.10 bits per heavy atom. The summed E-state index contributed by atoms with van der Waals surface area (Å²) in [5, 5.41) is 4.33. The smallest absolute Gasteiger partial charge is 0.333 e. The van der Waals surface area contributed by atoms with Gasteiger partial charge in [0.25, 0.3) is 0 Å². The molecule has 0 saturated carbocycles. The van der Waals surface area contributed by atoms with Gasteiger partial charge in [-0.3, -0.25) is 9.48 Å². The van der Waals surface area contributed by atoms with Crippen molar-refractivity contribution in [2.24, 2.45) is 12.8 Å². The van der Waals surface area contributed by atoms with Crippen LogP contribution in [0.1, 0.15) is 37.4 Å². The van der Waals surface area contributed by atoms with Gasteiger partial charge >= 0.3 is 12.1 Å². The summed E-state index contributed by atoms with van der Waals surface area (Å²) in [6.07, 6.45) is -2.84. The summed E-state index contributed by atoms with van der Waals surface area (Å²) in [4.78, 5) is 12.1. The lowest BCUT2D eigenvalue weighted by atomic mass is 9.88. The Bertz CT molecular complexity index is 552. The molecule has 2 heterocycles. The molecule has 1 saturated heterocycles. The zero-order chi connectivity index (χ0) is 16.0. The van der Waals surface area contributed by atoms with Gasteiger partial charge in [-0.05, 0) is 12.3 Å². The number of carbonyl (C=O) groups excluding carboxylic acids is 1. The summed E-state index contributed by atoms with van der Waals surface area (Å²) < 4.78 is 39.2. The molecule has 0 aromatic carbocycles. The van der Waals surface area contributed by atoms with Crippen molar-refractivity contribution in [1.29, 1.82) is 0 Å². The third-order valence-electron chi connectivity index (χ3n) is 3.77. The van der Waals surface area contributed by atoms with Gasteiger partial charge in [-0.1, -0.05) is 13.8 Å². The number of nitrogens with zero attached hydrogens (tertiary/aromatic N) is 3. The van der Waals surface area contributed by atoms with Crippen LogP contribution >= 0.6 is 0 Å². The molecule has 1 unspecified atom stereocenters. The third kappa shape index (κ3) is 2.90. The molecule has 2 N–H and O–H groups in total. The lowest BCUT2D eigenvalue weighted by molar-refractivity contribution is -0.184. The van der Waals surface area contributed by atoms with Crippen LogP contribution in [0.2, 0.25) is 0 Å². The van der Waals surface area contributed by atoms with Gasteiger partial charge in [0.2, 0.25) is 0 Å². The van der Waals surface area contributed by atoms with E-state index in [1.807, 2.05) is 13.8 Å². The molecular weight excluding hydrogens is 285 g/mol. The normalized spacial score (nSPS) is 23.1. The largest absolute Gasteiger partial charge is 0.471 e. The first-order valence-corrected chi connectivity index (χ1v) is 6.73. The monoisotopic (exact) mass is 304 g/mol. The Morgan fingerprint density at radius 1 is 1.48 bits per heavy atom. The molecule has 1 fully saturated rings. The molecule has 0 aliphatic carbocycles. The van der Waals surface area contributed by atoms with E-state index in [4.69, 9.17) is 5.73 Å². The molecule has 8 heteroatoms. The van der Waals surface area contributed by atoms with E-state index in [9.17, 15) is 18.0 Å². The number of carbonyl (C=O) groups is 1. The van der Waals surface area contributed by atoms with E-state index >= 15 is 0 Å². The molecule has 21 heavy (non-hydrogen) atoms. The van der Waals surface area contributed by atoms with Crippen LogP contribution in [0.3, 0.4) is 0 Å². The van der Waals surface area contributed by atoms with Crippen molar-refractivity contribution in [2.45, 2.75) is 37.9 Å². The fourth-order valence-corrected chi connectivity index (χ4v) is 2.72. The van der Waals surface area contributed by atoms with Crippen molar-refractivity contribution in [3.8, 4) is 0 Å². The molecule has 0 spiro atoms. The molecule has 1 aromatic heterocycles. The Kier molecular flexibility index (Phi) is 3.77. The zero-order valence-corrected chi connectivity index (χ0v) is 12.2. The van der Waals surface area contributed by atoms with Crippen molar-refractivity contribution in [3.05, 3.63) is 17.5 Å². The number of hydrogen-bond donors (Lipinski definition) is 1. The number of rotatable bonds is 2. The van der Waals surface area contributed by atoms with Crippen LogP contribution in [-0.4, -0.2) is 39.9 Å². The number of aryl methyl sites for hydroxylation is 1. The van der Waals surface area contributed by atoms with Crippen LogP contribution in [0, 0.1) is 0 Å². The summed E-state index contributed by atoms with van der Waals surface area (Å²) in [6.45, 7) is 3.75. The fraction of sp³-hybridized carbons (Fsp3) is 0.692. The van der Waals surface area contributed by atoms with Crippen molar-refractivity contribution >= 4 is 5.91 Å². The van der Waals surface area contributed by atoms with E-state index in [-0.39, 0.29) is 19.0 Å². The van der Waals surface area contributed by atoms with Crippen LogP contribution in [-0.2, 0) is 17.4 Å². The predicted octanol–water partition coefficient (Wildman–Crippen LogP) is 1.49. The fourth-order valence-electron chi connectivity index (χ4n) is 2.72. The van der Waals surface area contributed by atoms with Crippen molar-refractivity contribution < 1.29 is 18.0 Å². The summed E-state index contributed by atoms with van der Waals surface area (Å²) >= 11 is 0. The lowest BCUT2D eigenvalue weighted by Crippen LogP contribution is -2.45. The Balaban J connectivity index is 2.28. The quantitative estimate of drug-likeness (QED) is 0.900. The highest BCUT2D eigenvalue weighted by molar-refractivity contribution is 5.82. The van der Waals surface area contributed by atoms with E-state index in [0.717, 1.165) is 16.2 Å². The summed E-state index contributed by atoms with van der Waals surface area (Å²) in [5.41, 5.74) is 6.80. The van der Waals surface area contributed by atoms with Gasteiger partial charge in [0.15, 0.2) is 0 Å². The zero-order valence-electron chi connectivity index (χ0n) is 12.2. The van der Waals surface area contributed by atoms with E-state index in [1.165, 1.54) is 0 Å². The minimum absolute atomic E-state index is 0.00126. The second kappa shape index (κ2) is 5.01. The standard InChI is InChI=1S/C13H19F3N4O/c1-8(2)10-9(6-19(3)18-10)12(17)4-5-20(7-12)11(21)13(14,15)16/h6,8H,4-5,7,17H2,1-3H3. The first-order chi connectivity index (χ1) is 9.54. The lowest BCUT2D eigenvalue weighted by Gasteiger charge is -2.25. The SMILES string of the molecule is CC(C)c1nn(C)cc1C1(N)CCN(C(=O)C(F)(F)F)C1. The first-order valence-electron chi connectivity index (χ1n) is 6.73. The van der Waals surface area contributed by atoms with Crippen LogP contribution in [0.25, 0.3) is 0 Å². The number of halogens is 3. The highest BCUT2D eigenvalue weighted by Crippen LogP contribution is 2.35. The molecule has 1 amide bonds. The predicted molar refractivity (Wildman–Crippen MR) is 70.4 cm³/mol. The van der Waals surface area contributed by atoms with Gasteiger partial charge in [0.05, 0.1) is 11.2 Å². The number of hydrogen-bond acceptors (Lipinski definition) is 3. The number of likely N-dealkylation sites (tertiary alicyclic amines) is 1. The molecule has 0 bridgehead atoms. The van der Waals surface area contributed by atoms with Crippen LogP contribution in [0.15, 0.2) is 6.20 Å². The van der Waals surface area contributed by atoms with Crippen LogP contribution < -0.4 is 5.73 Å². The summed E-state index contributed by atoms with van der Waals surface area (Å²) in [5.74, 6) is -1.72. The highest BCUT2D eigenvalue weighted by atomic mass is 19.4. The van der Waals surface area contributed by atoms with Crippen molar-refractivity contribution in [2.75, 3.05) is 13.1 Å². The molecule has 118 valence electrons. The maximum absolute atomic E-state index is 12.5. The number of alkyl halides is 3. The maximum Gasteiger partial charge on any atom is 0.471 e. The first kappa shape index (κ1) is 15.8. The van der Waals surface area contributed by atoms with Gasteiger partial charge in [0.1, 0.15) is 0 Å². The van der Waals surface area contributed by atoms with Crippen molar-refractivity contribution in [3.63, 3.8) is 0 Å². The van der Waals surface area contributed by atoms with E-state index in [2.05, 4.69) is 5.10 Å². The molecule has 2 rings (SSSR count). The van der Waals surface area contributed by atoms with Gasteiger partial charge in [0, 0.05) is 31.9 Å². The Labute approximate surface area is 120 Å². The van der Waals surface area contributed by atoms with Gasteiger partial charge in [-0.25, -0.2) is 0 Å². The van der Waals surface area contributed by atoms with Crippen LogP contribution in [0.5, 0.6) is 0 Å². The Hall–Kier alpha value is -1.57. The van der Waals surface area contributed by atoms with Gasteiger partial charge in [-0.15, -0.1) is 0 Å².